The second kappa shape index (κ2) is 11.0. The van der Waals surface area contributed by atoms with Crippen molar-refractivity contribution in [2.45, 2.75) is 39.8 Å². The van der Waals surface area contributed by atoms with Gasteiger partial charge in [0, 0.05) is 45.3 Å². The number of hydrogen-bond donors (Lipinski definition) is 1. The van der Waals surface area contributed by atoms with Gasteiger partial charge in [0.25, 0.3) is 0 Å². The maximum Gasteiger partial charge on any atom is 0.194 e. The van der Waals surface area contributed by atoms with Crippen LogP contribution in [0, 0.1) is 0 Å². The van der Waals surface area contributed by atoms with Gasteiger partial charge in [-0.1, -0.05) is 25.1 Å². The topological polar surface area (TPSA) is 75.4 Å². The van der Waals surface area contributed by atoms with Gasteiger partial charge in [0.05, 0.1) is 19.9 Å². The SMILES string of the molecule is CCNC(=NCc1cc(C(C)C)no1)N1CCN(Cc2ccc(OC)c(OC)c2)CC1. The third-order valence-electron chi connectivity index (χ3n) is 5.41. The molecule has 31 heavy (non-hydrogen) atoms. The maximum atomic E-state index is 5.43. The Hall–Kier alpha value is -2.74. The van der Waals surface area contributed by atoms with Crippen molar-refractivity contribution in [1.29, 1.82) is 0 Å². The smallest absolute Gasteiger partial charge is 0.194 e. The van der Waals surface area contributed by atoms with Crippen LogP contribution in [0.1, 0.15) is 43.7 Å². The van der Waals surface area contributed by atoms with Crippen molar-refractivity contribution >= 4 is 5.96 Å². The number of ether oxygens (including phenoxy) is 2. The van der Waals surface area contributed by atoms with Gasteiger partial charge in [0.2, 0.25) is 0 Å². The molecule has 0 unspecified atom stereocenters. The van der Waals surface area contributed by atoms with Crippen molar-refractivity contribution in [3.8, 4) is 11.5 Å². The Morgan fingerprint density at radius 2 is 1.87 bits per heavy atom. The molecule has 170 valence electrons. The second-order valence-electron chi connectivity index (χ2n) is 8.00. The van der Waals surface area contributed by atoms with E-state index in [0.717, 1.165) is 68.2 Å². The summed E-state index contributed by atoms with van der Waals surface area (Å²) in [5.41, 5.74) is 2.19. The minimum absolute atomic E-state index is 0.355. The normalized spacial score (nSPS) is 15.4. The fourth-order valence-electron chi connectivity index (χ4n) is 3.61. The van der Waals surface area contributed by atoms with E-state index in [1.165, 1.54) is 5.56 Å². The molecule has 8 heteroatoms. The number of guanidine groups is 1. The first-order chi connectivity index (χ1) is 15.0. The van der Waals surface area contributed by atoms with E-state index in [-0.39, 0.29) is 0 Å². The lowest BCUT2D eigenvalue weighted by Gasteiger charge is -2.36. The first-order valence-electron chi connectivity index (χ1n) is 11.0. The van der Waals surface area contributed by atoms with Crippen LogP contribution in [0.2, 0.25) is 0 Å². The average Bonchev–Trinajstić information content (AvgIpc) is 3.26. The highest BCUT2D eigenvalue weighted by Gasteiger charge is 2.20. The Morgan fingerprint density at radius 1 is 1.13 bits per heavy atom. The molecule has 0 radical (unpaired) electrons. The van der Waals surface area contributed by atoms with E-state index < -0.39 is 0 Å². The predicted octanol–water partition coefficient (Wildman–Crippen LogP) is 3.10. The van der Waals surface area contributed by atoms with Gasteiger partial charge in [0.15, 0.2) is 23.2 Å². The van der Waals surface area contributed by atoms with Crippen molar-refractivity contribution < 1.29 is 14.0 Å². The molecule has 2 heterocycles. The first kappa shape index (κ1) is 22.9. The zero-order chi connectivity index (χ0) is 22.2. The Bertz CT molecular complexity index is 857. The summed E-state index contributed by atoms with van der Waals surface area (Å²) in [6, 6.07) is 8.12. The van der Waals surface area contributed by atoms with E-state index in [2.05, 4.69) is 53.2 Å². The van der Waals surface area contributed by atoms with Crippen LogP contribution < -0.4 is 14.8 Å². The molecule has 1 aliphatic rings. The molecule has 3 rings (SSSR count). The quantitative estimate of drug-likeness (QED) is 0.510. The molecule has 1 aliphatic heterocycles. The molecular formula is C23H35N5O3. The van der Waals surface area contributed by atoms with Crippen molar-refractivity contribution in [2.24, 2.45) is 4.99 Å². The van der Waals surface area contributed by atoms with Crippen LogP contribution >= 0.6 is 0 Å². The number of aromatic nitrogens is 1. The Kier molecular flexibility index (Phi) is 8.17. The predicted molar refractivity (Wildman–Crippen MR) is 122 cm³/mol. The molecule has 0 saturated carbocycles. The lowest BCUT2D eigenvalue weighted by molar-refractivity contribution is 0.172. The number of nitrogens with zero attached hydrogens (tertiary/aromatic N) is 4. The van der Waals surface area contributed by atoms with Crippen LogP contribution in [0.15, 0.2) is 33.8 Å². The number of nitrogens with one attached hydrogen (secondary N) is 1. The van der Waals surface area contributed by atoms with Gasteiger partial charge in [-0.15, -0.1) is 0 Å². The fraction of sp³-hybridized carbons (Fsp3) is 0.565. The van der Waals surface area contributed by atoms with Gasteiger partial charge in [-0.25, -0.2) is 4.99 Å². The van der Waals surface area contributed by atoms with Gasteiger partial charge in [-0.3, -0.25) is 4.90 Å². The van der Waals surface area contributed by atoms with Gasteiger partial charge < -0.3 is 24.2 Å². The molecule has 0 bridgehead atoms. The molecule has 0 aliphatic carbocycles. The summed E-state index contributed by atoms with van der Waals surface area (Å²) >= 11 is 0. The number of hydrogen-bond acceptors (Lipinski definition) is 6. The van der Waals surface area contributed by atoms with E-state index in [1.54, 1.807) is 14.2 Å². The number of piperazine rings is 1. The van der Waals surface area contributed by atoms with Crippen LogP contribution in [0.25, 0.3) is 0 Å². The van der Waals surface area contributed by atoms with Gasteiger partial charge in [-0.05, 0) is 30.5 Å². The summed E-state index contributed by atoms with van der Waals surface area (Å²) in [5, 5.41) is 7.53. The summed E-state index contributed by atoms with van der Waals surface area (Å²) in [7, 11) is 3.33. The molecule has 8 nitrogen and oxygen atoms in total. The van der Waals surface area contributed by atoms with Crippen molar-refractivity contribution in [3.63, 3.8) is 0 Å². The molecule has 0 amide bonds. The van der Waals surface area contributed by atoms with Crippen molar-refractivity contribution in [3.05, 3.63) is 41.3 Å². The van der Waals surface area contributed by atoms with E-state index in [4.69, 9.17) is 19.0 Å². The van der Waals surface area contributed by atoms with E-state index in [9.17, 15) is 0 Å². The molecule has 1 saturated heterocycles. The third-order valence-corrected chi connectivity index (χ3v) is 5.41. The number of methoxy groups -OCH3 is 2. The van der Waals surface area contributed by atoms with Gasteiger partial charge >= 0.3 is 0 Å². The van der Waals surface area contributed by atoms with Crippen LogP contribution in [0.5, 0.6) is 11.5 Å². The van der Waals surface area contributed by atoms with E-state index >= 15 is 0 Å². The standard InChI is InChI=1S/C23H35N5O3/c1-6-24-23(25-15-19-14-20(17(2)3)26-31-19)28-11-9-27(10-12-28)16-18-7-8-21(29-4)22(13-18)30-5/h7-8,13-14,17H,6,9-12,15-16H2,1-5H3,(H,24,25). The molecule has 1 aromatic heterocycles. The van der Waals surface area contributed by atoms with Crippen molar-refractivity contribution in [2.75, 3.05) is 46.9 Å². The summed E-state index contributed by atoms with van der Waals surface area (Å²) in [6.45, 7) is 12.3. The Balaban J connectivity index is 1.56. The highest BCUT2D eigenvalue weighted by atomic mass is 16.5. The zero-order valence-corrected chi connectivity index (χ0v) is 19.4. The van der Waals surface area contributed by atoms with Crippen LogP contribution in [-0.4, -0.2) is 67.9 Å². The third kappa shape index (κ3) is 6.13. The van der Waals surface area contributed by atoms with Crippen molar-refractivity contribution in [1.82, 2.24) is 20.3 Å². The lowest BCUT2D eigenvalue weighted by Crippen LogP contribution is -2.52. The second-order valence-corrected chi connectivity index (χ2v) is 8.00. The minimum atomic E-state index is 0.355. The lowest BCUT2D eigenvalue weighted by atomic mass is 10.1. The molecule has 2 aromatic rings. The highest BCUT2D eigenvalue weighted by molar-refractivity contribution is 5.80. The molecule has 1 fully saturated rings. The van der Waals surface area contributed by atoms with Crippen LogP contribution in [0.3, 0.4) is 0 Å². The average molecular weight is 430 g/mol. The molecule has 1 N–H and O–H groups in total. The fourth-order valence-corrected chi connectivity index (χ4v) is 3.61. The molecule has 0 spiro atoms. The molecule has 1 aromatic carbocycles. The summed E-state index contributed by atoms with van der Waals surface area (Å²) < 4.78 is 16.2. The number of benzene rings is 1. The van der Waals surface area contributed by atoms with E-state index in [1.807, 2.05) is 12.1 Å². The summed E-state index contributed by atoms with van der Waals surface area (Å²) in [6.07, 6.45) is 0. The zero-order valence-electron chi connectivity index (χ0n) is 19.4. The largest absolute Gasteiger partial charge is 0.493 e. The summed E-state index contributed by atoms with van der Waals surface area (Å²) in [5.74, 6) is 3.61. The molecule has 0 atom stereocenters. The number of rotatable bonds is 8. The number of aliphatic imine (C=N–C) groups is 1. The summed E-state index contributed by atoms with van der Waals surface area (Å²) in [4.78, 5) is 9.54. The first-order valence-corrected chi connectivity index (χ1v) is 11.0. The highest BCUT2D eigenvalue weighted by Crippen LogP contribution is 2.28. The van der Waals surface area contributed by atoms with Gasteiger partial charge in [0.1, 0.15) is 6.54 Å². The molecular weight excluding hydrogens is 394 g/mol. The van der Waals surface area contributed by atoms with Gasteiger partial charge in [-0.2, -0.15) is 0 Å². The Morgan fingerprint density at radius 3 is 2.48 bits per heavy atom. The minimum Gasteiger partial charge on any atom is -0.493 e. The monoisotopic (exact) mass is 429 g/mol. The van der Waals surface area contributed by atoms with E-state index in [0.29, 0.717) is 12.5 Å². The van der Waals surface area contributed by atoms with Crippen LogP contribution in [0.4, 0.5) is 0 Å². The van der Waals surface area contributed by atoms with Crippen LogP contribution in [-0.2, 0) is 13.1 Å². The maximum absolute atomic E-state index is 5.43. The Labute approximate surface area is 185 Å².